The Kier molecular flexibility index (Phi) is 2.79. The third kappa shape index (κ3) is 1.56. The van der Waals surface area contributed by atoms with Crippen LogP contribution in [0.15, 0.2) is 0 Å². The molecule has 0 amide bonds. The van der Waals surface area contributed by atoms with Crippen LogP contribution in [0.1, 0.15) is 0 Å². The van der Waals surface area contributed by atoms with Crippen molar-refractivity contribution >= 4 is 23.2 Å². The van der Waals surface area contributed by atoms with Crippen LogP contribution in [0.3, 0.4) is 0 Å². The molecule has 0 spiro atoms. The zero-order valence-corrected chi connectivity index (χ0v) is 8.75. The maximum Gasteiger partial charge on any atom is 0.223 e. The lowest BCUT2D eigenvalue weighted by atomic mass is 10.2. The fourth-order valence-corrected chi connectivity index (χ4v) is 1.42. The van der Waals surface area contributed by atoms with Crippen LogP contribution in [0, 0.1) is 23.3 Å². The van der Waals surface area contributed by atoms with Gasteiger partial charge >= 0.3 is 0 Å². The Morgan fingerprint density at radius 2 is 1.00 bits per heavy atom. The molecule has 2 rings (SSSR count). The molecule has 2 nitrogen and oxygen atoms in total. The van der Waals surface area contributed by atoms with Crippen LogP contribution in [0.25, 0.3) is 0 Å². The number of hydrogen-bond donors (Lipinski definition) is 0. The molecule has 0 N–H and O–H groups in total. The molecule has 0 fully saturated rings. The molecule has 0 aliphatic carbocycles. The molecule has 0 bridgehead atoms. The molecular weight excluding hydrogens is 275 g/mol. The van der Waals surface area contributed by atoms with Gasteiger partial charge in [-0.1, -0.05) is 23.2 Å². The Labute approximate surface area is 96.7 Å². The summed E-state index contributed by atoms with van der Waals surface area (Å²) in [5.41, 5.74) is -2.68. The topological polar surface area (TPSA) is 18.5 Å². The Bertz CT molecular complexity index is 413. The first-order chi connectivity index (χ1) is 7.43. The van der Waals surface area contributed by atoms with E-state index in [1.807, 2.05) is 0 Å². The summed E-state index contributed by atoms with van der Waals surface area (Å²) < 4.78 is 61.0. The third-order valence-corrected chi connectivity index (χ3v) is 2.61. The molecular formula is C8H2Cl2F4O2. The number of ether oxygens (including phenoxy) is 2. The second-order valence-corrected chi connectivity index (χ2v) is 3.71. The zero-order chi connectivity index (χ0) is 12.0. The molecule has 8 heteroatoms. The maximum atomic E-state index is 13.1. The van der Waals surface area contributed by atoms with E-state index in [1.165, 1.54) is 0 Å². The van der Waals surface area contributed by atoms with Crippen molar-refractivity contribution in [2.75, 3.05) is 0 Å². The van der Waals surface area contributed by atoms with Crippen molar-refractivity contribution in [3.63, 3.8) is 0 Å². The molecule has 1 aliphatic rings. The number of halogens is 6. The molecule has 0 unspecified atom stereocenters. The molecule has 0 saturated heterocycles. The van der Waals surface area contributed by atoms with Gasteiger partial charge in [-0.05, 0) is 0 Å². The second-order valence-electron chi connectivity index (χ2n) is 2.85. The number of benzene rings is 1. The summed E-state index contributed by atoms with van der Waals surface area (Å²) in [5, 5.41) is 0. The Morgan fingerprint density at radius 1 is 0.688 bits per heavy atom. The van der Waals surface area contributed by atoms with E-state index in [0.717, 1.165) is 0 Å². The second kappa shape index (κ2) is 3.85. The average molecular weight is 277 g/mol. The summed E-state index contributed by atoms with van der Waals surface area (Å²) in [7, 11) is 0. The molecule has 88 valence electrons. The largest absolute Gasteiger partial charge is 0.462 e. The van der Waals surface area contributed by atoms with E-state index in [1.54, 1.807) is 0 Å². The van der Waals surface area contributed by atoms with Crippen molar-refractivity contribution in [3.05, 3.63) is 23.3 Å². The van der Waals surface area contributed by atoms with Crippen molar-refractivity contribution in [1.29, 1.82) is 0 Å². The SMILES string of the molecule is Fc1c(F)c(F)c2c(c1F)O[C@@H](Cl)[C@@H](Cl)O2. The molecule has 16 heavy (non-hydrogen) atoms. The summed E-state index contributed by atoms with van der Waals surface area (Å²) in [4.78, 5) is 0. The average Bonchev–Trinajstić information content (AvgIpc) is 2.26. The number of rotatable bonds is 0. The van der Waals surface area contributed by atoms with Gasteiger partial charge in [0.05, 0.1) is 0 Å². The minimum atomic E-state index is -2.00. The van der Waals surface area contributed by atoms with Crippen LogP contribution in [0.4, 0.5) is 17.6 Å². The highest BCUT2D eigenvalue weighted by Gasteiger charge is 2.37. The standard InChI is InChI=1S/C8H2Cl2F4O2/c9-7-8(10)16-6-4(14)2(12)1(11)3(13)5(6)15-7/h7-8H/t7-,8+. The molecule has 0 aromatic heterocycles. The highest BCUT2D eigenvalue weighted by molar-refractivity contribution is 6.29. The van der Waals surface area contributed by atoms with Crippen molar-refractivity contribution in [3.8, 4) is 11.5 Å². The van der Waals surface area contributed by atoms with E-state index in [4.69, 9.17) is 23.2 Å². The minimum Gasteiger partial charge on any atom is -0.462 e. The summed E-state index contributed by atoms with van der Waals surface area (Å²) in [6.07, 6.45) is 0. The van der Waals surface area contributed by atoms with Gasteiger partial charge in [-0.25, -0.2) is 8.78 Å². The van der Waals surface area contributed by atoms with E-state index < -0.39 is 45.9 Å². The van der Waals surface area contributed by atoms with Gasteiger partial charge in [0, 0.05) is 0 Å². The minimum absolute atomic E-state index is 0.937. The molecule has 1 aromatic carbocycles. The van der Waals surface area contributed by atoms with Crippen molar-refractivity contribution < 1.29 is 27.0 Å². The molecule has 1 aromatic rings. The normalized spacial score (nSPS) is 23.4. The van der Waals surface area contributed by atoms with E-state index in [0.29, 0.717) is 0 Å². The fourth-order valence-electron chi connectivity index (χ4n) is 1.13. The fraction of sp³-hybridized carbons (Fsp3) is 0.250. The Balaban J connectivity index is 2.64. The van der Waals surface area contributed by atoms with E-state index >= 15 is 0 Å². The van der Waals surface area contributed by atoms with Crippen molar-refractivity contribution in [2.24, 2.45) is 0 Å². The first-order valence-corrected chi connectivity index (χ1v) is 4.78. The monoisotopic (exact) mass is 276 g/mol. The van der Waals surface area contributed by atoms with Gasteiger partial charge in [0.25, 0.3) is 0 Å². The Morgan fingerprint density at radius 3 is 1.31 bits per heavy atom. The lowest BCUT2D eigenvalue weighted by molar-refractivity contribution is 0.102. The van der Waals surface area contributed by atoms with Gasteiger partial charge in [0.1, 0.15) is 0 Å². The first kappa shape index (κ1) is 11.6. The van der Waals surface area contributed by atoms with Crippen LogP contribution in [0.5, 0.6) is 11.5 Å². The first-order valence-electron chi connectivity index (χ1n) is 3.91. The quantitative estimate of drug-likeness (QED) is 0.314. The van der Waals surface area contributed by atoms with Crippen LogP contribution in [-0.4, -0.2) is 11.1 Å². The summed E-state index contributed by atoms with van der Waals surface area (Å²) >= 11 is 10.9. The van der Waals surface area contributed by atoms with Gasteiger partial charge in [-0.15, -0.1) is 0 Å². The molecule has 0 radical (unpaired) electrons. The van der Waals surface area contributed by atoms with Crippen molar-refractivity contribution in [2.45, 2.75) is 11.1 Å². The van der Waals surface area contributed by atoms with Crippen LogP contribution in [0.2, 0.25) is 0 Å². The highest BCUT2D eigenvalue weighted by atomic mass is 35.5. The molecule has 2 atom stereocenters. The van der Waals surface area contributed by atoms with E-state index in [9.17, 15) is 17.6 Å². The van der Waals surface area contributed by atoms with E-state index in [2.05, 4.69) is 9.47 Å². The molecule has 1 heterocycles. The van der Waals surface area contributed by atoms with Gasteiger partial charge in [-0.2, -0.15) is 8.78 Å². The number of alkyl halides is 2. The van der Waals surface area contributed by atoms with Crippen molar-refractivity contribution in [1.82, 2.24) is 0 Å². The van der Waals surface area contributed by atoms with E-state index in [-0.39, 0.29) is 0 Å². The number of hydrogen-bond acceptors (Lipinski definition) is 2. The summed E-state index contributed by atoms with van der Waals surface area (Å²) in [5.74, 6) is -9.32. The van der Waals surface area contributed by atoms with Gasteiger partial charge in [-0.3, -0.25) is 0 Å². The maximum absolute atomic E-state index is 13.1. The Hall–Kier alpha value is -0.880. The summed E-state index contributed by atoms with van der Waals surface area (Å²) in [6.45, 7) is 0. The van der Waals surface area contributed by atoms with Gasteiger partial charge in [0.2, 0.25) is 45.9 Å². The lowest BCUT2D eigenvalue weighted by Gasteiger charge is -2.27. The van der Waals surface area contributed by atoms with Gasteiger partial charge in [0.15, 0.2) is 0 Å². The zero-order valence-electron chi connectivity index (χ0n) is 7.24. The van der Waals surface area contributed by atoms with Crippen LogP contribution < -0.4 is 9.47 Å². The predicted octanol–water partition coefficient (Wildman–Crippen LogP) is 3.14. The van der Waals surface area contributed by atoms with Crippen LogP contribution >= 0.6 is 23.2 Å². The highest BCUT2D eigenvalue weighted by Crippen LogP contribution is 2.42. The summed E-state index contributed by atoms with van der Waals surface area (Å²) in [6, 6.07) is 0. The molecule has 0 saturated carbocycles. The lowest BCUT2D eigenvalue weighted by Crippen LogP contribution is -2.32. The molecule has 1 aliphatic heterocycles. The van der Waals surface area contributed by atoms with Gasteiger partial charge < -0.3 is 9.47 Å². The van der Waals surface area contributed by atoms with Crippen LogP contribution in [-0.2, 0) is 0 Å². The number of fused-ring (bicyclic) bond motifs is 1. The third-order valence-electron chi connectivity index (χ3n) is 1.85. The smallest absolute Gasteiger partial charge is 0.223 e. The predicted molar refractivity (Wildman–Crippen MR) is 46.8 cm³/mol.